The van der Waals surface area contributed by atoms with Crippen molar-refractivity contribution in [2.45, 2.75) is 32.2 Å². The lowest BCUT2D eigenvalue weighted by Gasteiger charge is -2.19. The molecule has 0 bridgehead atoms. The zero-order valence-corrected chi connectivity index (χ0v) is 15.2. The fourth-order valence-electron chi connectivity index (χ4n) is 3.21. The second kappa shape index (κ2) is 7.34. The van der Waals surface area contributed by atoms with Crippen molar-refractivity contribution in [1.29, 1.82) is 5.26 Å². The van der Waals surface area contributed by atoms with E-state index in [0.717, 1.165) is 4.90 Å². The molecule has 0 aromatic carbocycles. The van der Waals surface area contributed by atoms with Crippen molar-refractivity contribution < 1.29 is 22.9 Å². The van der Waals surface area contributed by atoms with Crippen LogP contribution in [0.25, 0.3) is 11.1 Å². The van der Waals surface area contributed by atoms with Crippen molar-refractivity contribution >= 4 is 11.8 Å². The molecule has 1 saturated heterocycles. The van der Waals surface area contributed by atoms with E-state index >= 15 is 0 Å². The predicted molar refractivity (Wildman–Crippen MR) is 92.2 cm³/mol. The molecule has 2 aromatic heterocycles. The number of nitrogens with one attached hydrogen (secondary N) is 1. The molecular weight excluding hydrogens is 372 g/mol. The number of aryl methyl sites for hydroxylation is 2. The van der Waals surface area contributed by atoms with Crippen molar-refractivity contribution in [3.8, 4) is 17.2 Å². The van der Waals surface area contributed by atoms with E-state index < -0.39 is 43.3 Å². The van der Waals surface area contributed by atoms with E-state index in [1.807, 2.05) is 0 Å². The van der Waals surface area contributed by atoms with Gasteiger partial charge in [0.25, 0.3) is 11.8 Å². The highest BCUT2D eigenvalue weighted by Crippen LogP contribution is 2.32. The Balaban J connectivity index is 1.75. The third-order valence-corrected chi connectivity index (χ3v) is 4.51. The molecule has 0 aliphatic carbocycles. The van der Waals surface area contributed by atoms with Gasteiger partial charge in [0, 0.05) is 29.9 Å². The molecule has 0 radical (unpaired) electrons. The quantitative estimate of drug-likeness (QED) is 0.854. The lowest BCUT2D eigenvalue weighted by atomic mass is 10.0. The van der Waals surface area contributed by atoms with Crippen molar-refractivity contribution in [1.82, 2.24) is 20.4 Å². The van der Waals surface area contributed by atoms with Crippen molar-refractivity contribution in [3.05, 3.63) is 35.5 Å². The van der Waals surface area contributed by atoms with Crippen LogP contribution in [0.1, 0.15) is 28.2 Å². The lowest BCUT2D eigenvalue weighted by Crippen LogP contribution is -2.43. The highest BCUT2D eigenvalue weighted by molar-refractivity contribution is 6.02. The maximum atomic E-state index is 13.5. The number of rotatable bonds is 4. The first-order valence-electron chi connectivity index (χ1n) is 8.46. The van der Waals surface area contributed by atoms with Gasteiger partial charge in [-0.15, -0.1) is 0 Å². The molecular formula is C18H17F2N5O3. The Morgan fingerprint density at radius 2 is 2.21 bits per heavy atom. The molecule has 1 fully saturated rings. The molecule has 8 nitrogen and oxygen atoms in total. The zero-order chi connectivity index (χ0) is 20.5. The lowest BCUT2D eigenvalue weighted by molar-refractivity contribution is -0.131. The number of aromatic nitrogens is 2. The SMILES string of the molecule is Cc1noc(C)c1-c1cnccc1C(=O)NCC(=O)N1CC(F)(F)CC1C#N. The molecule has 2 aromatic rings. The first-order chi connectivity index (χ1) is 13.2. The molecule has 2 amide bonds. The Labute approximate surface area is 159 Å². The van der Waals surface area contributed by atoms with Crippen LogP contribution in [0.2, 0.25) is 0 Å². The summed E-state index contributed by atoms with van der Waals surface area (Å²) in [5.74, 6) is -3.93. The van der Waals surface area contributed by atoms with Crippen LogP contribution in [0.15, 0.2) is 23.0 Å². The van der Waals surface area contributed by atoms with E-state index in [1.165, 1.54) is 18.5 Å². The Morgan fingerprint density at radius 3 is 2.86 bits per heavy atom. The number of hydrogen-bond donors (Lipinski definition) is 1. The summed E-state index contributed by atoms with van der Waals surface area (Å²) in [6.07, 6.45) is 2.20. The first kappa shape index (κ1) is 19.4. The summed E-state index contributed by atoms with van der Waals surface area (Å²) in [7, 11) is 0. The number of hydrogen-bond acceptors (Lipinski definition) is 6. The molecule has 10 heteroatoms. The number of alkyl halides is 2. The summed E-state index contributed by atoms with van der Waals surface area (Å²) < 4.78 is 32.1. The number of nitrogens with zero attached hydrogens (tertiary/aromatic N) is 4. The monoisotopic (exact) mass is 389 g/mol. The number of pyridine rings is 1. The van der Waals surface area contributed by atoms with E-state index in [2.05, 4.69) is 15.5 Å². The molecule has 146 valence electrons. The Hall–Kier alpha value is -3.35. The van der Waals surface area contributed by atoms with Crippen LogP contribution in [-0.4, -0.2) is 51.9 Å². The van der Waals surface area contributed by atoms with Crippen LogP contribution in [0.3, 0.4) is 0 Å². The van der Waals surface area contributed by atoms with Gasteiger partial charge >= 0.3 is 0 Å². The molecule has 28 heavy (non-hydrogen) atoms. The van der Waals surface area contributed by atoms with Gasteiger partial charge in [0.05, 0.1) is 30.4 Å². The molecule has 1 atom stereocenters. The van der Waals surface area contributed by atoms with Crippen LogP contribution in [0.5, 0.6) is 0 Å². The normalized spacial score (nSPS) is 18.0. The minimum absolute atomic E-state index is 0.237. The molecule has 1 unspecified atom stereocenters. The Bertz CT molecular complexity index is 947. The fraction of sp³-hybridized carbons (Fsp3) is 0.389. The average Bonchev–Trinajstić information content (AvgIpc) is 3.17. The van der Waals surface area contributed by atoms with E-state index in [1.54, 1.807) is 19.9 Å². The highest BCUT2D eigenvalue weighted by Gasteiger charge is 2.47. The van der Waals surface area contributed by atoms with E-state index in [4.69, 9.17) is 9.78 Å². The maximum Gasteiger partial charge on any atom is 0.268 e. The first-order valence-corrected chi connectivity index (χ1v) is 8.46. The van der Waals surface area contributed by atoms with Crippen LogP contribution in [0, 0.1) is 25.2 Å². The number of amides is 2. The van der Waals surface area contributed by atoms with Gasteiger partial charge < -0.3 is 14.7 Å². The number of carbonyl (C=O) groups excluding carboxylic acids is 2. The largest absolute Gasteiger partial charge is 0.361 e. The number of likely N-dealkylation sites (tertiary alicyclic amines) is 1. The second-order valence-electron chi connectivity index (χ2n) is 6.53. The maximum absolute atomic E-state index is 13.5. The third kappa shape index (κ3) is 3.69. The predicted octanol–water partition coefficient (Wildman–Crippen LogP) is 1.84. The summed E-state index contributed by atoms with van der Waals surface area (Å²) in [4.78, 5) is 29.7. The smallest absolute Gasteiger partial charge is 0.268 e. The van der Waals surface area contributed by atoms with Crippen molar-refractivity contribution in [2.24, 2.45) is 0 Å². The summed E-state index contributed by atoms with van der Waals surface area (Å²) in [5.41, 5.74) is 1.91. The fourth-order valence-corrected chi connectivity index (χ4v) is 3.21. The standard InChI is InChI=1S/C18H17F2N5O3/c1-10-16(11(2)28-24-10)14-7-22-4-3-13(14)17(27)23-8-15(26)25-9-18(19,20)5-12(25)6-21/h3-4,7,12H,5,8-9H2,1-2H3,(H,23,27). The third-order valence-electron chi connectivity index (χ3n) is 4.51. The highest BCUT2D eigenvalue weighted by atomic mass is 19.3. The van der Waals surface area contributed by atoms with Crippen molar-refractivity contribution in [2.75, 3.05) is 13.1 Å². The van der Waals surface area contributed by atoms with Gasteiger partial charge in [-0.2, -0.15) is 5.26 Å². The summed E-state index contributed by atoms with van der Waals surface area (Å²) >= 11 is 0. The van der Waals surface area contributed by atoms with Crippen LogP contribution in [0.4, 0.5) is 8.78 Å². The molecule has 0 saturated carbocycles. The number of carbonyl (C=O) groups is 2. The van der Waals surface area contributed by atoms with Crippen molar-refractivity contribution in [3.63, 3.8) is 0 Å². The van der Waals surface area contributed by atoms with Gasteiger partial charge in [-0.3, -0.25) is 14.6 Å². The van der Waals surface area contributed by atoms with Crippen LogP contribution < -0.4 is 5.32 Å². The van der Waals surface area contributed by atoms with Gasteiger partial charge in [-0.25, -0.2) is 8.78 Å². The van der Waals surface area contributed by atoms with Gasteiger partial charge in [-0.1, -0.05) is 5.16 Å². The zero-order valence-electron chi connectivity index (χ0n) is 15.2. The minimum Gasteiger partial charge on any atom is -0.361 e. The van der Waals surface area contributed by atoms with Gasteiger partial charge in [-0.05, 0) is 19.9 Å². The Kier molecular flexibility index (Phi) is 5.09. The molecule has 1 N–H and O–H groups in total. The summed E-state index contributed by atoms with van der Waals surface area (Å²) in [6.45, 7) is 2.08. The van der Waals surface area contributed by atoms with Gasteiger partial charge in [0.1, 0.15) is 11.8 Å². The number of nitriles is 1. The van der Waals surface area contributed by atoms with Crippen LogP contribution >= 0.6 is 0 Å². The second-order valence-corrected chi connectivity index (χ2v) is 6.53. The number of halogens is 2. The Morgan fingerprint density at radius 1 is 1.46 bits per heavy atom. The van der Waals surface area contributed by atoms with Crippen LogP contribution in [-0.2, 0) is 4.79 Å². The van der Waals surface area contributed by atoms with Gasteiger partial charge in [0.15, 0.2) is 0 Å². The summed E-state index contributed by atoms with van der Waals surface area (Å²) in [6, 6.07) is 1.96. The molecule has 1 aliphatic heterocycles. The minimum atomic E-state index is -3.11. The van der Waals surface area contributed by atoms with E-state index in [9.17, 15) is 18.4 Å². The van der Waals surface area contributed by atoms with E-state index in [0.29, 0.717) is 22.6 Å². The molecule has 0 spiro atoms. The molecule has 1 aliphatic rings. The molecule has 3 heterocycles. The van der Waals surface area contributed by atoms with Gasteiger partial charge in [0.2, 0.25) is 5.91 Å². The summed E-state index contributed by atoms with van der Waals surface area (Å²) in [5, 5.41) is 15.3. The average molecular weight is 389 g/mol. The topological polar surface area (TPSA) is 112 Å². The van der Waals surface area contributed by atoms with E-state index in [-0.39, 0.29) is 5.56 Å². The molecule has 3 rings (SSSR count).